The Bertz CT molecular complexity index is 772. The van der Waals surface area contributed by atoms with Crippen molar-refractivity contribution in [3.8, 4) is 0 Å². The molecule has 0 radical (unpaired) electrons. The summed E-state index contributed by atoms with van der Waals surface area (Å²) in [6.07, 6.45) is 2.20. The van der Waals surface area contributed by atoms with Crippen molar-refractivity contribution >= 4 is 23.4 Å². The summed E-state index contributed by atoms with van der Waals surface area (Å²) in [6.45, 7) is 8.29. The molecule has 146 valence electrons. The van der Waals surface area contributed by atoms with E-state index in [1.807, 2.05) is 42.7 Å². The van der Waals surface area contributed by atoms with Crippen LogP contribution in [-0.2, 0) is 15.0 Å². The Morgan fingerprint density at radius 1 is 1.07 bits per heavy atom. The number of amides is 3. The minimum atomic E-state index is -0.622. The van der Waals surface area contributed by atoms with Crippen LogP contribution in [0.3, 0.4) is 0 Å². The van der Waals surface area contributed by atoms with Crippen molar-refractivity contribution in [3.63, 3.8) is 0 Å². The Labute approximate surface area is 161 Å². The average molecular weight is 371 g/mol. The van der Waals surface area contributed by atoms with Gasteiger partial charge in [-0.25, -0.2) is 0 Å². The number of carbonyl (C=O) groups excluding carboxylic acids is 3. The van der Waals surface area contributed by atoms with E-state index in [1.54, 1.807) is 18.0 Å². The van der Waals surface area contributed by atoms with Crippen LogP contribution < -0.4 is 4.90 Å². The van der Waals surface area contributed by atoms with Crippen LogP contribution in [0.4, 0.5) is 5.69 Å². The van der Waals surface area contributed by atoms with Crippen molar-refractivity contribution in [2.75, 3.05) is 38.1 Å². The molecule has 27 heavy (non-hydrogen) atoms. The summed E-state index contributed by atoms with van der Waals surface area (Å²) in [5.41, 5.74) is 1.75. The molecule has 1 fully saturated rings. The first-order valence-electron chi connectivity index (χ1n) is 9.77. The van der Waals surface area contributed by atoms with Gasteiger partial charge in [0.25, 0.3) is 5.91 Å². The van der Waals surface area contributed by atoms with Crippen LogP contribution in [0.25, 0.3) is 0 Å². The van der Waals surface area contributed by atoms with Gasteiger partial charge in [-0.05, 0) is 50.5 Å². The van der Waals surface area contributed by atoms with E-state index in [9.17, 15) is 14.4 Å². The highest BCUT2D eigenvalue weighted by atomic mass is 16.2. The third-order valence-electron chi connectivity index (χ3n) is 5.72. The Hall–Kier alpha value is -2.37. The van der Waals surface area contributed by atoms with E-state index in [4.69, 9.17) is 0 Å². The average Bonchev–Trinajstić information content (AvgIpc) is 2.85. The second-order valence-corrected chi connectivity index (χ2v) is 8.00. The third-order valence-corrected chi connectivity index (χ3v) is 5.72. The number of anilines is 1. The summed E-state index contributed by atoms with van der Waals surface area (Å²) < 4.78 is 0. The summed E-state index contributed by atoms with van der Waals surface area (Å²) in [5, 5.41) is 0. The molecule has 6 heteroatoms. The monoisotopic (exact) mass is 371 g/mol. The number of likely N-dealkylation sites (N-methyl/N-ethyl adjacent to an activating group) is 1. The number of hydrogen-bond acceptors (Lipinski definition) is 3. The van der Waals surface area contributed by atoms with Crippen LogP contribution in [0.1, 0.15) is 56.0 Å². The lowest BCUT2D eigenvalue weighted by Crippen LogP contribution is -2.37. The fourth-order valence-corrected chi connectivity index (χ4v) is 4.03. The van der Waals surface area contributed by atoms with Gasteiger partial charge in [-0.15, -0.1) is 0 Å². The zero-order valence-corrected chi connectivity index (χ0v) is 16.7. The Morgan fingerprint density at radius 3 is 2.44 bits per heavy atom. The first-order valence-corrected chi connectivity index (χ1v) is 9.77. The minimum absolute atomic E-state index is 0.0274. The lowest BCUT2D eigenvalue weighted by atomic mass is 9.85. The van der Waals surface area contributed by atoms with Gasteiger partial charge in [0.15, 0.2) is 0 Å². The smallest absolute Gasteiger partial charge is 0.253 e. The molecule has 0 spiro atoms. The number of nitrogens with zero attached hydrogens (tertiary/aromatic N) is 3. The molecule has 0 saturated carbocycles. The normalized spacial score (nSPS) is 19.1. The Kier molecular flexibility index (Phi) is 5.27. The zero-order chi connectivity index (χ0) is 19.8. The topological polar surface area (TPSA) is 60.9 Å². The van der Waals surface area contributed by atoms with Crippen molar-refractivity contribution in [3.05, 3.63) is 29.3 Å². The SMILES string of the molecule is CCCC(=O)N1CCCN(C(=O)c2ccc3c(c2)C(C)(C)C(=O)N3C)CC1. The van der Waals surface area contributed by atoms with Crippen molar-refractivity contribution in [2.45, 2.75) is 45.4 Å². The molecule has 1 aromatic carbocycles. The van der Waals surface area contributed by atoms with Crippen molar-refractivity contribution < 1.29 is 14.4 Å². The molecule has 2 aliphatic heterocycles. The van der Waals surface area contributed by atoms with Gasteiger partial charge in [-0.3, -0.25) is 14.4 Å². The molecule has 2 heterocycles. The van der Waals surface area contributed by atoms with Gasteiger partial charge in [-0.1, -0.05) is 6.92 Å². The lowest BCUT2D eigenvalue weighted by Gasteiger charge is -2.23. The molecule has 0 aliphatic carbocycles. The standard InChI is InChI=1S/C21H29N3O3/c1-5-7-18(25)23-10-6-11-24(13-12-23)19(26)15-8-9-17-16(14-15)21(2,3)20(27)22(17)4/h8-9,14H,5-7,10-13H2,1-4H3. The summed E-state index contributed by atoms with van der Waals surface area (Å²) in [5.74, 6) is 0.190. The number of rotatable bonds is 3. The molecule has 6 nitrogen and oxygen atoms in total. The minimum Gasteiger partial charge on any atom is -0.341 e. The summed E-state index contributed by atoms with van der Waals surface area (Å²) in [4.78, 5) is 43.0. The van der Waals surface area contributed by atoms with E-state index in [2.05, 4.69) is 0 Å². The van der Waals surface area contributed by atoms with Crippen LogP contribution in [0.5, 0.6) is 0 Å². The molecular weight excluding hydrogens is 342 g/mol. The molecular formula is C21H29N3O3. The molecule has 1 saturated heterocycles. The number of carbonyl (C=O) groups is 3. The fraction of sp³-hybridized carbons (Fsp3) is 0.571. The Balaban J connectivity index is 1.77. The van der Waals surface area contributed by atoms with E-state index in [-0.39, 0.29) is 17.7 Å². The van der Waals surface area contributed by atoms with E-state index < -0.39 is 5.41 Å². The van der Waals surface area contributed by atoms with Crippen LogP contribution in [0.2, 0.25) is 0 Å². The van der Waals surface area contributed by atoms with E-state index in [0.29, 0.717) is 38.2 Å². The number of hydrogen-bond donors (Lipinski definition) is 0. The molecule has 0 aromatic heterocycles. The highest BCUT2D eigenvalue weighted by Gasteiger charge is 2.42. The van der Waals surface area contributed by atoms with E-state index in [0.717, 1.165) is 24.1 Å². The first-order chi connectivity index (χ1) is 12.8. The van der Waals surface area contributed by atoms with Crippen molar-refractivity contribution in [1.29, 1.82) is 0 Å². The van der Waals surface area contributed by atoms with E-state index >= 15 is 0 Å². The lowest BCUT2D eigenvalue weighted by molar-refractivity contribution is -0.131. The van der Waals surface area contributed by atoms with Crippen LogP contribution in [0, 0.1) is 0 Å². The number of fused-ring (bicyclic) bond motifs is 1. The largest absolute Gasteiger partial charge is 0.341 e. The third kappa shape index (κ3) is 3.45. The maximum absolute atomic E-state index is 13.1. The predicted molar refractivity (Wildman–Crippen MR) is 105 cm³/mol. The second-order valence-electron chi connectivity index (χ2n) is 8.00. The summed E-state index contributed by atoms with van der Waals surface area (Å²) in [6, 6.07) is 5.53. The van der Waals surface area contributed by atoms with Gasteiger partial charge < -0.3 is 14.7 Å². The molecule has 0 atom stereocenters. The Morgan fingerprint density at radius 2 is 1.74 bits per heavy atom. The summed E-state index contributed by atoms with van der Waals surface area (Å²) in [7, 11) is 1.77. The van der Waals surface area contributed by atoms with Gasteiger partial charge in [0.2, 0.25) is 11.8 Å². The first kappa shape index (κ1) is 19.4. The molecule has 0 bridgehead atoms. The summed E-state index contributed by atoms with van der Waals surface area (Å²) >= 11 is 0. The predicted octanol–water partition coefficient (Wildman–Crippen LogP) is 2.42. The van der Waals surface area contributed by atoms with Gasteiger partial charge >= 0.3 is 0 Å². The van der Waals surface area contributed by atoms with Gasteiger partial charge in [0, 0.05) is 50.9 Å². The van der Waals surface area contributed by atoms with Gasteiger partial charge in [0.05, 0.1) is 5.41 Å². The fourth-order valence-electron chi connectivity index (χ4n) is 4.03. The molecule has 3 amide bonds. The maximum atomic E-state index is 13.1. The number of benzene rings is 1. The van der Waals surface area contributed by atoms with Crippen LogP contribution in [-0.4, -0.2) is 60.7 Å². The molecule has 0 unspecified atom stereocenters. The molecule has 0 N–H and O–H groups in total. The quantitative estimate of drug-likeness (QED) is 0.820. The van der Waals surface area contributed by atoms with Gasteiger partial charge in [-0.2, -0.15) is 0 Å². The van der Waals surface area contributed by atoms with Crippen molar-refractivity contribution in [1.82, 2.24) is 9.80 Å². The van der Waals surface area contributed by atoms with Gasteiger partial charge in [0.1, 0.15) is 0 Å². The maximum Gasteiger partial charge on any atom is 0.253 e. The molecule has 1 aromatic rings. The highest BCUT2D eigenvalue weighted by molar-refractivity contribution is 6.08. The zero-order valence-electron chi connectivity index (χ0n) is 16.7. The molecule has 3 rings (SSSR count). The molecule has 2 aliphatic rings. The van der Waals surface area contributed by atoms with Crippen LogP contribution in [0.15, 0.2) is 18.2 Å². The van der Waals surface area contributed by atoms with Crippen LogP contribution >= 0.6 is 0 Å². The van der Waals surface area contributed by atoms with E-state index in [1.165, 1.54) is 0 Å². The van der Waals surface area contributed by atoms with Crippen molar-refractivity contribution in [2.24, 2.45) is 0 Å². The highest BCUT2D eigenvalue weighted by Crippen LogP contribution is 2.41. The second kappa shape index (κ2) is 7.33.